The van der Waals surface area contributed by atoms with Crippen molar-refractivity contribution in [3.05, 3.63) is 89.5 Å². The summed E-state index contributed by atoms with van der Waals surface area (Å²) in [5.41, 5.74) is 2.37. The van der Waals surface area contributed by atoms with Crippen LogP contribution in [0.5, 0.6) is 11.5 Å². The van der Waals surface area contributed by atoms with Gasteiger partial charge in [-0.2, -0.15) is 0 Å². The molecule has 1 aliphatic rings. The van der Waals surface area contributed by atoms with Crippen LogP contribution in [0, 0.1) is 0 Å². The summed E-state index contributed by atoms with van der Waals surface area (Å²) in [5.74, 6) is 1.12. The zero-order chi connectivity index (χ0) is 25.0. The van der Waals surface area contributed by atoms with Gasteiger partial charge in [-0.05, 0) is 42.3 Å². The molecule has 4 rings (SSSR count). The number of carbonyl (C=O) groups is 1. The van der Waals surface area contributed by atoms with Crippen molar-refractivity contribution in [1.82, 2.24) is 9.62 Å². The van der Waals surface area contributed by atoms with Crippen molar-refractivity contribution in [2.24, 2.45) is 4.99 Å². The van der Waals surface area contributed by atoms with E-state index in [1.54, 1.807) is 44.2 Å². The van der Waals surface area contributed by atoms with E-state index in [0.717, 1.165) is 11.1 Å². The molecular formula is C26H27N3O5S. The Morgan fingerprint density at radius 1 is 1.00 bits per heavy atom. The average molecular weight is 494 g/mol. The number of hydrogen-bond acceptors (Lipinski definition) is 6. The number of fused-ring (bicyclic) bond motifs is 1. The molecule has 0 saturated heterocycles. The molecule has 8 nitrogen and oxygen atoms in total. The van der Waals surface area contributed by atoms with Crippen molar-refractivity contribution >= 4 is 21.8 Å². The molecule has 0 spiro atoms. The number of methoxy groups -OCH3 is 1. The summed E-state index contributed by atoms with van der Waals surface area (Å²) in [5, 5.41) is 0. The lowest BCUT2D eigenvalue weighted by atomic mass is 10.1. The number of nitrogens with zero attached hydrogens (tertiary/aromatic N) is 2. The van der Waals surface area contributed by atoms with E-state index < -0.39 is 16.1 Å². The number of nitrogens with one attached hydrogen (secondary N) is 1. The van der Waals surface area contributed by atoms with Gasteiger partial charge in [-0.3, -0.25) is 14.5 Å². The molecule has 1 aliphatic heterocycles. The molecule has 3 aromatic rings. The minimum Gasteiger partial charge on any atom is -0.493 e. The number of benzene rings is 3. The van der Waals surface area contributed by atoms with E-state index in [9.17, 15) is 13.2 Å². The maximum atomic E-state index is 13.0. The van der Waals surface area contributed by atoms with Gasteiger partial charge in [0.15, 0.2) is 11.5 Å². The summed E-state index contributed by atoms with van der Waals surface area (Å²) >= 11 is 0. The lowest BCUT2D eigenvalue weighted by Gasteiger charge is -2.21. The summed E-state index contributed by atoms with van der Waals surface area (Å²) in [7, 11) is -0.411. The number of ether oxygens (including phenoxy) is 2. The fraction of sp³-hybridized carbons (Fsp3) is 0.231. The summed E-state index contributed by atoms with van der Waals surface area (Å²) in [4.78, 5) is 19.0. The van der Waals surface area contributed by atoms with Crippen LogP contribution in [0.25, 0.3) is 0 Å². The van der Waals surface area contributed by atoms with Crippen LogP contribution in [0.2, 0.25) is 0 Å². The monoisotopic (exact) mass is 493 g/mol. The minimum absolute atomic E-state index is 0.161. The first-order valence-corrected chi connectivity index (χ1v) is 12.6. The van der Waals surface area contributed by atoms with E-state index in [1.165, 1.54) is 6.07 Å². The van der Waals surface area contributed by atoms with Gasteiger partial charge in [-0.15, -0.1) is 0 Å². The van der Waals surface area contributed by atoms with Gasteiger partial charge in [-0.1, -0.05) is 48.5 Å². The van der Waals surface area contributed by atoms with Crippen LogP contribution in [0.1, 0.15) is 23.6 Å². The lowest BCUT2D eigenvalue weighted by Crippen LogP contribution is -2.35. The molecule has 1 heterocycles. The number of aliphatic imine (C=N–C) groups is 1. The number of sulfonamides is 1. The van der Waals surface area contributed by atoms with Gasteiger partial charge in [0, 0.05) is 19.2 Å². The van der Waals surface area contributed by atoms with Gasteiger partial charge >= 0.3 is 0 Å². The summed E-state index contributed by atoms with van der Waals surface area (Å²) in [6.07, 6.45) is 0. The summed E-state index contributed by atoms with van der Waals surface area (Å²) < 4.78 is 38.4. The van der Waals surface area contributed by atoms with Crippen molar-refractivity contribution in [3.63, 3.8) is 0 Å². The zero-order valence-corrected chi connectivity index (χ0v) is 20.6. The van der Waals surface area contributed by atoms with Gasteiger partial charge in [-0.25, -0.2) is 8.42 Å². The van der Waals surface area contributed by atoms with Crippen molar-refractivity contribution in [1.29, 1.82) is 0 Å². The first-order valence-electron chi connectivity index (χ1n) is 11.1. The fourth-order valence-electron chi connectivity index (χ4n) is 3.81. The van der Waals surface area contributed by atoms with Crippen LogP contribution >= 0.6 is 0 Å². The summed E-state index contributed by atoms with van der Waals surface area (Å²) in [6.45, 7) is 2.38. The molecule has 0 radical (unpaired) electrons. The van der Waals surface area contributed by atoms with Gasteiger partial charge < -0.3 is 14.4 Å². The van der Waals surface area contributed by atoms with Crippen molar-refractivity contribution in [2.75, 3.05) is 14.2 Å². The molecule has 9 heteroatoms. The van der Waals surface area contributed by atoms with Crippen LogP contribution in [0.4, 0.5) is 0 Å². The number of amidine groups is 1. The molecule has 0 aliphatic carbocycles. The Morgan fingerprint density at radius 3 is 2.46 bits per heavy atom. The van der Waals surface area contributed by atoms with E-state index in [1.807, 2.05) is 48.5 Å². The normalized spacial score (nSPS) is 15.7. The van der Waals surface area contributed by atoms with Crippen molar-refractivity contribution in [2.45, 2.75) is 31.0 Å². The van der Waals surface area contributed by atoms with Gasteiger partial charge in [0.25, 0.3) is 10.0 Å². The molecule has 35 heavy (non-hydrogen) atoms. The molecule has 0 saturated carbocycles. The highest BCUT2D eigenvalue weighted by molar-refractivity contribution is 7.90. The molecule has 0 bridgehead atoms. The second-order valence-corrected chi connectivity index (χ2v) is 9.86. The maximum Gasteiger partial charge on any atom is 0.263 e. The summed E-state index contributed by atoms with van der Waals surface area (Å²) in [6, 6.07) is 21.2. The van der Waals surface area contributed by atoms with Crippen molar-refractivity contribution < 1.29 is 22.7 Å². The Bertz CT molecular complexity index is 1360. The Labute approximate surface area is 205 Å². The number of amides is 1. The van der Waals surface area contributed by atoms with Crippen LogP contribution in [-0.2, 0) is 28.0 Å². The highest BCUT2D eigenvalue weighted by Gasteiger charge is 2.31. The molecule has 0 fully saturated rings. The minimum atomic E-state index is -3.66. The van der Waals surface area contributed by atoms with Crippen LogP contribution in [-0.4, -0.2) is 45.3 Å². The average Bonchev–Trinajstić information content (AvgIpc) is 3.12. The lowest BCUT2D eigenvalue weighted by molar-refractivity contribution is -0.131. The second-order valence-electron chi connectivity index (χ2n) is 8.21. The Balaban J connectivity index is 1.43. The first-order chi connectivity index (χ1) is 16.8. The molecule has 182 valence electrons. The smallest absolute Gasteiger partial charge is 0.263 e. The Hall–Kier alpha value is -3.85. The largest absolute Gasteiger partial charge is 0.493 e. The van der Waals surface area contributed by atoms with Crippen LogP contribution < -0.4 is 14.2 Å². The highest BCUT2D eigenvalue weighted by Crippen LogP contribution is 2.29. The predicted octanol–water partition coefficient (Wildman–Crippen LogP) is 3.36. The highest BCUT2D eigenvalue weighted by atomic mass is 32.2. The predicted molar refractivity (Wildman–Crippen MR) is 133 cm³/mol. The quantitative estimate of drug-likeness (QED) is 0.519. The van der Waals surface area contributed by atoms with Gasteiger partial charge in [0.05, 0.1) is 12.0 Å². The van der Waals surface area contributed by atoms with E-state index in [2.05, 4.69) is 9.71 Å². The third kappa shape index (κ3) is 5.46. The van der Waals surface area contributed by atoms with E-state index in [-0.39, 0.29) is 16.6 Å². The Morgan fingerprint density at radius 2 is 1.71 bits per heavy atom. The molecule has 0 aromatic heterocycles. The van der Waals surface area contributed by atoms with E-state index >= 15 is 0 Å². The van der Waals surface area contributed by atoms with Gasteiger partial charge in [0.1, 0.15) is 18.5 Å². The molecule has 1 amide bonds. The zero-order valence-electron chi connectivity index (χ0n) is 19.8. The molecular weight excluding hydrogens is 466 g/mol. The number of likely N-dealkylation sites (N-methyl/N-ethyl adjacent to an activating group) is 1. The second kappa shape index (κ2) is 10.2. The molecule has 3 aromatic carbocycles. The number of hydrogen-bond donors (Lipinski definition) is 1. The van der Waals surface area contributed by atoms with Crippen molar-refractivity contribution in [3.8, 4) is 11.5 Å². The van der Waals surface area contributed by atoms with Crippen LogP contribution in [0.15, 0.2) is 82.7 Å². The molecule has 1 unspecified atom stereocenters. The maximum absolute atomic E-state index is 13.0. The van der Waals surface area contributed by atoms with Gasteiger partial charge in [0.2, 0.25) is 5.91 Å². The third-order valence-electron chi connectivity index (χ3n) is 5.60. The first kappa shape index (κ1) is 24.3. The Kier molecular flexibility index (Phi) is 7.07. The standard InChI is InChI=1S/C26H27N3O5S/c1-18(27-25-21-11-7-8-12-24(21)35(31,32)28-25)26(30)29(2)16-20-13-14-22(23(15-20)33-3)34-17-19-9-5-4-6-10-19/h4-15,18H,16-17H2,1-3H3,(H,27,28). The fourth-order valence-corrected chi connectivity index (χ4v) is 5.05. The van der Waals surface area contributed by atoms with E-state index in [4.69, 9.17) is 9.47 Å². The topological polar surface area (TPSA) is 97.3 Å². The number of carbonyl (C=O) groups excluding carboxylic acids is 1. The SMILES string of the molecule is COc1cc(CN(C)C(=O)C(C)N=C2NS(=O)(=O)c3ccccc32)ccc1OCc1ccccc1. The van der Waals surface area contributed by atoms with E-state index in [0.29, 0.717) is 30.2 Å². The number of rotatable bonds is 8. The molecule has 1 atom stereocenters. The molecule has 1 N–H and O–H groups in total. The van der Waals surface area contributed by atoms with Crippen LogP contribution in [0.3, 0.4) is 0 Å². The third-order valence-corrected chi connectivity index (χ3v) is 7.00.